The van der Waals surface area contributed by atoms with Crippen molar-refractivity contribution in [1.29, 1.82) is 0 Å². The van der Waals surface area contributed by atoms with Crippen LogP contribution >= 0.6 is 0 Å². The Hall–Kier alpha value is -0.0800. The Morgan fingerprint density at radius 3 is 2.53 bits per heavy atom. The maximum absolute atomic E-state index is 3.51. The van der Waals surface area contributed by atoms with E-state index < -0.39 is 0 Å². The van der Waals surface area contributed by atoms with Crippen molar-refractivity contribution in [3.63, 3.8) is 0 Å². The van der Waals surface area contributed by atoms with Crippen molar-refractivity contribution in [2.24, 2.45) is 11.8 Å². The van der Waals surface area contributed by atoms with Gasteiger partial charge in [0.05, 0.1) is 0 Å². The molecule has 0 amide bonds. The molecule has 2 unspecified atom stereocenters. The summed E-state index contributed by atoms with van der Waals surface area (Å²) >= 11 is 0. The summed E-state index contributed by atoms with van der Waals surface area (Å²) in [6, 6.07) is 1.60. The zero-order valence-electron chi connectivity index (χ0n) is 10.5. The first-order valence-corrected chi connectivity index (χ1v) is 6.63. The fourth-order valence-corrected chi connectivity index (χ4v) is 3.06. The Labute approximate surface area is 94.4 Å². The summed E-state index contributed by atoms with van der Waals surface area (Å²) in [6.07, 6.45) is 5.72. The molecule has 2 rings (SSSR count). The van der Waals surface area contributed by atoms with Crippen LogP contribution in [0.3, 0.4) is 0 Å². The van der Waals surface area contributed by atoms with Crippen LogP contribution in [0, 0.1) is 11.8 Å². The lowest BCUT2D eigenvalue weighted by Crippen LogP contribution is -2.44. The van der Waals surface area contributed by atoms with Crippen LogP contribution in [0.15, 0.2) is 0 Å². The maximum Gasteiger partial charge on any atom is 0.0220 e. The Morgan fingerprint density at radius 2 is 2.00 bits per heavy atom. The number of nitrogens with zero attached hydrogens (tertiary/aromatic N) is 1. The maximum atomic E-state index is 3.51. The molecule has 88 valence electrons. The normalized spacial score (nSPS) is 30.0. The number of nitrogens with one attached hydrogen (secondary N) is 1. The van der Waals surface area contributed by atoms with Crippen molar-refractivity contribution in [2.45, 2.75) is 51.6 Å². The second kappa shape index (κ2) is 4.84. The van der Waals surface area contributed by atoms with Crippen molar-refractivity contribution in [3.05, 3.63) is 0 Å². The molecule has 2 heteroatoms. The molecule has 0 spiro atoms. The van der Waals surface area contributed by atoms with Gasteiger partial charge in [-0.1, -0.05) is 13.8 Å². The number of likely N-dealkylation sites (tertiary alicyclic amines) is 1. The lowest BCUT2D eigenvalue weighted by atomic mass is 10.0. The van der Waals surface area contributed by atoms with Crippen LogP contribution in [-0.4, -0.2) is 37.1 Å². The van der Waals surface area contributed by atoms with E-state index in [0.717, 1.165) is 23.9 Å². The van der Waals surface area contributed by atoms with Gasteiger partial charge in [-0.2, -0.15) is 0 Å². The van der Waals surface area contributed by atoms with E-state index in [-0.39, 0.29) is 0 Å². The topological polar surface area (TPSA) is 15.3 Å². The van der Waals surface area contributed by atoms with Crippen LogP contribution in [0.5, 0.6) is 0 Å². The van der Waals surface area contributed by atoms with Crippen LogP contribution in [0.1, 0.15) is 39.5 Å². The van der Waals surface area contributed by atoms with Crippen LogP contribution in [0.25, 0.3) is 0 Å². The quantitative estimate of drug-likeness (QED) is 0.747. The molecule has 1 aliphatic heterocycles. The molecular formula is C13H26N2. The highest BCUT2D eigenvalue weighted by Gasteiger charge is 2.34. The summed E-state index contributed by atoms with van der Waals surface area (Å²) in [5, 5.41) is 3.51. The number of likely N-dealkylation sites (N-methyl/N-ethyl adjacent to an activating group) is 1. The molecule has 2 fully saturated rings. The van der Waals surface area contributed by atoms with Gasteiger partial charge in [0.25, 0.3) is 0 Å². The molecular weight excluding hydrogens is 184 g/mol. The molecule has 2 nitrogen and oxygen atoms in total. The third-order valence-corrected chi connectivity index (χ3v) is 4.18. The highest BCUT2D eigenvalue weighted by Crippen LogP contribution is 2.34. The molecule has 1 N–H and O–H groups in total. The van der Waals surface area contributed by atoms with Crippen molar-refractivity contribution >= 4 is 0 Å². The fourth-order valence-electron chi connectivity index (χ4n) is 3.06. The summed E-state index contributed by atoms with van der Waals surface area (Å²) in [4.78, 5) is 2.73. The van der Waals surface area contributed by atoms with E-state index in [1.54, 1.807) is 0 Å². The van der Waals surface area contributed by atoms with Gasteiger partial charge in [0, 0.05) is 18.6 Å². The first kappa shape index (κ1) is 11.4. The summed E-state index contributed by atoms with van der Waals surface area (Å²) in [5.74, 6) is 1.80. The van der Waals surface area contributed by atoms with Crippen molar-refractivity contribution in [2.75, 3.05) is 20.1 Å². The van der Waals surface area contributed by atoms with Crippen LogP contribution in [-0.2, 0) is 0 Å². The number of rotatable bonds is 5. The summed E-state index contributed by atoms with van der Waals surface area (Å²) in [5.41, 5.74) is 0. The molecule has 15 heavy (non-hydrogen) atoms. The van der Waals surface area contributed by atoms with E-state index in [2.05, 4.69) is 31.1 Å². The number of hydrogen-bond donors (Lipinski definition) is 1. The summed E-state index contributed by atoms with van der Waals surface area (Å²) in [7, 11) is 2.13. The van der Waals surface area contributed by atoms with Crippen molar-refractivity contribution in [3.8, 4) is 0 Å². The molecule has 1 saturated heterocycles. The first-order valence-electron chi connectivity index (χ1n) is 6.63. The fraction of sp³-hybridized carbons (Fsp3) is 1.00. The third kappa shape index (κ3) is 2.73. The van der Waals surface area contributed by atoms with Gasteiger partial charge in [-0.3, -0.25) is 4.90 Å². The van der Waals surface area contributed by atoms with Gasteiger partial charge in [-0.05, 0) is 51.1 Å². The molecule has 0 aromatic rings. The van der Waals surface area contributed by atoms with E-state index in [9.17, 15) is 0 Å². The Balaban J connectivity index is 1.86. The Morgan fingerprint density at radius 1 is 1.27 bits per heavy atom. The highest BCUT2D eigenvalue weighted by atomic mass is 15.2. The molecule has 0 bridgehead atoms. The third-order valence-electron chi connectivity index (χ3n) is 4.18. The largest absolute Gasteiger partial charge is 0.315 e. The molecule has 0 aromatic carbocycles. The molecule has 0 aromatic heterocycles. The van der Waals surface area contributed by atoms with Gasteiger partial charge in [0.2, 0.25) is 0 Å². The van der Waals surface area contributed by atoms with E-state index >= 15 is 0 Å². The predicted octanol–water partition coefficient (Wildman–Crippen LogP) is 2.10. The van der Waals surface area contributed by atoms with Gasteiger partial charge >= 0.3 is 0 Å². The van der Waals surface area contributed by atoms with Crippen molar-refractivity contribution in [1.82, 2.24) is 10.2 Å². The SMILES string of the molecule is CNC(CN1CCCC1C(C)C)C1CC1. The average Bonchev–Trinajstić information content (AvgIpc) is 2.93. The summed E-state index contributed by atoms with van der Waals surface area (Å²) < 4.78 is 0. The molecule has 1 heterocycles. The zero-order valence-corrected chi connectivity index (χ0v) is 10.5. The Bertz CT molecular complexity index is 199. The van der Waals surface area contributed by atoms with Gasteiger partial charge < -0.3 is 5.32 Å². The van der Waals surface area contributed by atoms with Gasteiger partial charge in [0.1, 0.15) is 0 Å². The lowest BCUT2D eigenvalue weighted by molar-refractivity contribution is 0.182. The van der Waals surface area contributed by atoms with Gasteiger partial charge in [0.15, 0.2) is 0 Å². The molecule has 1 saturated carbocycles. The highest BCUT2D eigenvalue weighted by molar-refractivity contribution is 4.91. The smallest absolute Gasteiger partial charge is 0.0220 e. The zero-order chi connectivity index (χ0) is 10.8. The summed E-state index contributed by atoms with van der Waals surface area (Å²) in [6.45, 7) is 7.35. The lowest BCUT2D eigenvalue weighted by Gasteiger charge is -2.31. The molecule has 2 aliphatic rings. The minimum Gasteiger partial charge on any atom is -0.315 e. The van der Waals surface area contributed by atoms with E-state index in [1.807, 2.05) is 0 Å². The van der Waals surface area contributed by atoms with Gasteiger partial charge in [-0.15, -0.1) is 0 Å². The molecule has 2 atom stereocenters. The molecule has 0 radical (unpaired) electrons. The predicted molar refractivity (Wildman–Crippen MR) is 65.0 cm³/mol. The number of hydrogen-bond acceptors (Lipinski definition) is 2. The van der Waals surface area contributed by atoms with Crippen LogP contribution in [0.4, 0.5) is 0 Å². The van der Waals surface area contributed by atoms with E-state index in [0.29, 0.717) is 0 Å². The van der Waals surface area contributed by atoms with E-state index in [1.165, 1.54) is 38.8 Å². The second-order valence-corrected chi connectivity index (χ2v) is 5.68. The standard InChI is InChI=1S/C13H26N2/c1-10(2)13-5-4-8-15(13)9-12(14-3)11-6-7-11/h10-14H,4-9H2,1-3H3. The van der Waals surface area contributed by atoms with Crippen LogP contribution in [0.2, 0.25) is 0 Å². The first-order chi connectivity index (χ1) is 7.22. The Kier molecular flexibility index (Phi) is 3.68. The molecule has 1 aliphatic carbocycles. The average molecular weight is 210 g/mol. The van der Waals surface area contributed by atoms with Gasteiger partial charge in [-0.25, -0.2) is 0 Å². The van der Waals surface area contributed by atoms with Crippen molar-refractivity contribution < 1.29 is 0 Å². The minimum atomic E-state index is 0.754. The monoisotopic (exact) mass is 210 g/mol. The van der Waals surface area contributed by atoms with Crippen LogP contribution < -0.4 is 5.32 Å². The minimum absolute atomic E-state index is 0.754. The second-order valence-electron chi connectivity index (χ2n) is 5.68. The van der Waals surface area contributed by atoms with E-state index in [4.69, 9.17) is 0 Å².